The van der Waals surface area contributed by atoms with Gasteiger partial charge in [0.15, 0.2) is 0 Å². The van der Waals surface area contributed by atoms with E-state index in [9.17, 15) is 5.11 Å². The summed E-state index contributed by atoms with van der Waals surface area (Å²) < 4.78 is 0. The van der Waals surface area contributed by atoms with Gasteiger partial charge in [0.2, 0.25) is 0 Å². The highest BCUT2D eigenvalue weighted by Crippen LogP contribution is 2.24. The van der Waals surface area contributed by atoms with Crippen LogP contribution in [0.15, 0.2) is 17.5 Å². The maximum atomic E-state index is 10.1. The smallest absolute Gasteiger partial charge is 0.0580 e. The zero-order valence-corrected chi connectivity index (χ0v) is 12.2. The van der Waals surface area contributed by atoms with Gasteiger partial charge in [-0.25, -0.2) is 0 Å². The zero-order valence-electron chi connectivity index (χ0n) is 11.3. The largest absolute Gasteiger partial charge is 0.393 e. The van der Waals surface area contributed by atoms with E-state index >= 15 is 0 Å². The fourth-order valence-electron chi connectivity index (χ4n) is 2.83. The molecule has 2 atom stereocenters. The van der Waals surface area contributed by atoms with Crippen molar-refractivity contribution in [3.05, 3.63) is 22.4 Å². The molecule has 3 heteroatoms. The highest BCUT2D eigenvalue weighted by Gasteiger charge is 2.22. The molecule has 1 aliphatic carbocycles. The topological polar surface area (TPSA) is 23.5 Å². The molecule has 0 radical (unpaired) electrons. The summed E-state index contributed by atoms with van der Waals surface area (Å²) in [6.45, 7) is 2.15. The molecule has 0 aliphatic heterocycles. The van der Waals surface area contributed by atoms with Gasteiger partial charge in [-0.05, 0) is 43.7 Å². The number of hydrogen-bond acceptors (Lipinski definition) is 3. The van der Waals surface area contributed by atoms with E-state index in [-0.39, 0.29) is 6.10 Å². The summed E-state index contributed by atoms with van der Waals surface area (Å²) in [5.41, 5.74) is 0. The first-order valence-corrected chi connectivity index (χ1v) is 8.02. The number of aliphatic hydroxyl groups excluding tert-OH is 1. The maximum Gasteiger partial charge on any atom is 0.0580 e. The third-order valence-electron chi connectivity index (χ3n) is 3.99. The lowest BCUT2D eigenvalue weighted by Crippen LogP contribution is -2.33. The predicted molar refractivity (Wildman–Crippen MR) is 78.1 cm³/mol. The van der Waals surface area contributed by atoms with Crippen molar-refractivity contribution in [3.8, 4) is 0 Å². The Morgan fingerprint density at radius 1 is 1.33 bits per heavy atom. The van der Waals surface area contributed by atoms with E-state index < -0.39 is 0 Å². The second-order valence-electron chi connectivity index (χ2n) is 5.56. The van der Waals surface area contributed by atoms with Gasteiger partial charge in [-0.1, -0.05) is 25.3 Å². The van der Waals surface area contributed by atoms with Crippen LogP contribution in [-0.4, -0.2) is 36.2 Å². The summed E-state index contributed by atoms with van der Waals surface area (Å²) in [5.74, 6) is 0.487. The van der Waals surface area contributed by atoms with E-state index in [1.54, 1.807) is 0 Å². The molecule has 1 saturated carbocycles. The van der Waals surface area contributed by atoms with Gasteiger partial charge in [0.25, 0.3) is 0 Å². The number of aliphatic hydroxyl groups is 1. The Labute approximate surface area is 115 Å². The first-order chi connectivity index (χ1) is 8.75. The van der Waals surface area contributed by atoms with Crippen LogP contribution in [0.2, 0.25) is 0 Å². The van der Waals surface area contributed by atoms with Crippen molar-refractivity contribution in [3.63, 3.8) is 0 Å². The lowest BCUT2D eigenvalue weighted by molar-refractivity contribution is 0.0798. The predicted octanol–water partition coefficient (Wildman–Crippen LogP) is 3.16. The van der Waals surface area contributed by atoms with Crippen LogP contribution < -0.4 is 0 Å². The summed E-state index contributed by atoms with van der Waals surface area (Å²) in [6, 6.07) is 4.33. The van der Waals surface area contributed by atoms with E-state index in [4.69, 9.17) is 0 Å². The van der Waals surface area contributed by atoms with Crippen LogP contribution in [0.5, 0.6) is 0 Å². The molecule has 1 heterocycles. The Bertz CT molecular complexity index is 325. The van der Waals surface area contributed by atoms with E-state index in [2.05, 4.69) is 29.5 Å². The molecule has 1 fully saturated rings. The summed E-state index contributed by atoms with van der Waals surface area (Å²) in [5, 5.41) is 12.3. The van der Waals surface area contributed by atoms with Crippen LogP contribution in [0.1, 0.15) is 37.0 Å². The molecular weight excluding hydrogens is 242 g/mol. The van der Waals surface area contributed by atoms with Crippen LogP contribution in [0.4, 0.5) is 0 Å². The van der Waals surface area contributed by atoms with Gasteiger partial charge in [0.1, 0.15) is 0 Å². The maximum absolute atomic E-state index is 10.1. The van der Waals surface area contributed by atoms with Crippen LogP contribution in [0.3, 0.4) is 0 Å². The molecule has 0 saturated heterocycles. The second kappa shape index (κ2) is 7.27. The fourth-order valence-corrected chi connectivity index (χ4v) is 3.52. The van der Waals surface area contributed by atoms with Crippen molar-refractivity contribution >= 4 is 11.3 Å². The van der Waals surface area contributed by atoms with E-state index in [1.807, 2.05) is 11.3 Å². The summed E-state index contributed by atoms with van der Waals surface area (Å²) >= 11 is 1.84. The Morgan fingerprint density at radius 3 is 2.94 bits per heavy atom. The van der Waals surface area contributed by atoms with E-state index in [0.717, 1.165) is 25.9 Å². The van der Waals surface area contributed by atoms with Crippen molar-refractivity contribution in [2.45, 2.75) is 44.6 Å². The van der Waals surface area contributed by atoms with E-state index in [1.165, 1.54) is 30.6 Å². The first-order valence-electron chi connectivity index (χ1n) is 7.14. The van der Waals surface area contributed by atoms with Gasteiger partial charge in [-0.2, -0.15) is 0 Å². The summed E-state index contributed by atoms with van der Waals surface area (Å²) in [6.07, 6.45) is 7.06. The van der Waals surface area contributed by atoms with Gasteiger partial charge in [-0.3, -0.25) is 0 Å². The molecule has 1 aliphatic rings. The monoisotopic (exact) mass is 267 g/mol. The fraction of sp³-hybridized carbons (Fsp3) is 0.733. The molecular formula is C15H25NOS. The standard InChI is InChI=1S/C15H25NOS/c1-16(10-9-14-7-5-11-18-14)12-13-6-3-2-4-8-15(13)17/h5,7,11,13,15,17H,2-4,6,8-10,12H2,1H3. The van der Waals surface area contributed by atoms with Crippen molar-refractivity contribution in [2.75, 3.05) is 20.1 Å². The highest BCUT2D eigenvalue weighted by molar-refractivity contribution is 7.09. The van der Waals surface area contributed by atoms with Crippen molar-refractivity contribution in [1.82, 2.24) is 4.90 Å². The SMILES string of the molecule is CN(CCc1cccs1)CC1CCCCCC1O. The Morgan fingerprint density at radius 2 is 2.17 bits per heavy atom. The Balaban J connectivity index is 1.73. The molecule has 102 valence electrons. The van der Waals surface area contributed by atoms with Crippen LogP contribution in [-0.2, 0) is 6.42 Å². The highest BCUT2D eigenvalue weighted by atomic mass is 32.1. The quantitative estimate of drug-likeness (QED) is 0.828. The zero-order chi connectivity index (χ0) is 12.8. The molecule has 2 nitrogen and oxygen atoms in total. The number of thiophene rings is 1. The summed E-state index contributed by atoms with van der Waals surface area (Å²) in [4.78, 5) is 3.85. The number of rotatable bonds is 5. The number of hydrogen-bond donors (Lipinski definition) is 1. The van der Waals surface area contributed by atoms with Gasteiger partial charge < -0.3 is 10.0 Å². The van der Waals surface area contributed by atoms with Crippen LogP contribution in [0, 0.1) is 5.92 Å². The van der Waals surface area contributed by atoms with Gasteiger partial charge in [-0.15, -0.1) is 11.3 Å². The molecule has 0 amide bonds. The molecule has 18 heavy (non-hydrogen) atoms. The van der Waals surface area contributed by atoms with Crippen molar-refractivity contribution in [1.29, 1.82) is 0 Å². The molecule has 0 aromatic carbocycles. The van der Waals surface area contributed by atoms with Gasteiger partial charge in [0, 0.05) is 18.0 Å². The molecule has 0 spiro atoms. The molecule has 2 unspecified atom stereocenters. The minimum atomic E-state index is -0.0725. The Hall–Kier alpha value is -0.380. The van der Waals surface area contributed by atoms with Gasteiger partial charge >= 0.3 is 0 Å². The molecule has 1 N–H and O–H groups in total. The minimum Gasteiger partial charge on any atom is -0.393 e. The number of nitrogens with zero attached hydrogens (tertiary/aromatic N) is 1. The average Bonchev–Trinajstić information content (AvgIpc) is 2.80. The molecule has 1 aromatic rings. The molecule has 2 rings (SSSR count). The van der Waals surface area contributed by atoms with E-state index in [0.29, 0.717) is 5.92 Å². The minimum absolute atomic E-state index is 0.0725. The van der Waals surface area contributed by atoms with Crippen LogP contribution >= 0.6 is 11.3 Å². The van der Waals surface area contributed by atoms with Crippen molar-refractivity contribution in [2.24, 2.45) is 5.92 Å². The summed E-state index contributed by atoms with van der Waals surface area (Å²) in [7, 11) is 2.19. The third kappa shape index (κ3) is 4.38. The van der Waals surface area contributed by atoms with Crippen LogP contribution in [0.25, 0.3) is 0 Å². The average molecular weight is 267 g/mol. The van der Waals surface area contributed by atoms with Gasteiger partial charge in [0.05, 0.1) is 6.10 Å². The normalized spacial score (nSPS) is 25.3. The number of likely N-dealkylation sites (N-methyl/N-ethyl adjacent to an activating group) is 1. The lowest BCUT2D eigenvalue weighted by Gasteiger charge is -2.26. The molecule has 1 aromatic heterocycles. The molecule has 0 bridgehead atoms. The lowest BCUT2D eigenvalue weighted by atomic mass is 9.97. The van der Waals surface area contributed by atoms with Crippen molar-refractivity contribution < 1.29 is 5.11 Å². The Kier molecular flexibility index (Phi) is 5.67. The third-order valence-corrected chi connectivity index (χ3v) is 4.92. The first kappa shape index (κ1) is 14.0. The second-order valence-corrected chi connectivity index (χ2v) is 6.59.